The van der Waals surface area contributed by atoms with Gasteiger partial charge in [-0.1, -0.05) is 0 Å². The van der Waals surface area contributed by atoms with E-state index >= 15 is 0 Å². The topological polar surface area (TPSA) is 77.9 Å². The highest BCUT2D eigenvalue weighted by molar-refractivity contribution is 5.95. The lowest BCUT2D eigenvalue weighted by atomic mass is 10.4. The standard InChI is InChI=1S/C6H11N5O/c1-11(2)5(7)4-6(12-3)9-10-8-4/h7H,1-3H3,(H,8,9,10). The third-order valence-electron chi connectivity index (χ3n) is 1.38. The first kappa shape index (κ1) is 8.51. The van der Waals surface area contributed by atoms with E-state index < -0.39 is 0 Å². The van der Waals surface area contributed by atoms with Gasteiger partial charge in [0, 0.05) is 14.1 Å². The number of methoxy groups -OCH3 is 1. The number of amidine groups is 1. The van der Waals surface area contributed by atoms with Crippen LogP contribution in [0.4, 0.5) is 0 Å². The zero-order valence-corrected chi connectivity index (χ0v) is 7.25. The molecule has 0 fully saturated rings. The Morgan fingerprint density at radius 1 is 1.50 bits per heavy atom. The van der Waals surface area contributed by atoms with Crippen LogP contribution in [0, 0.1) is 5.41 Å². The number of nitrogens with zero attached hydrogens (tertiary/aromatic N) is 3. The third kappa shape index (κ3) is 1.36. The summed E-state index contributed by atoms with van der Waals surface area (Å²) in [7, 11) is 5.01. The van der Waals surface area contributed by atoms with Crippen LogP contribution in [0.5, 0.6) is 5.88 Å². The highest BCUT2D eigenvalue weighted by Crippen LogP contribution is 2.10. The molecule has 1 heterocycles. The molecule has 12 heavy (non-hydrogen) atoms. The molecule has 0 saturated carbocycles. The fourth-order valence-corrected chi connectivity index (χ4v) is 0.730. The smallest absolute Gasteiger partial charge is 0.264 e. The maximum atomic E-state index is 7.57. The highest BCUT2D eigenvalue weighted by Gasteiger charge is 2.14. The molecule has 2 N–H and O–H groups in total. The summed E-state index contributed by atoms with van der Waals surface area (Å²) in [6, 6.07) is 0. The van der Waals surface area contributed by atoms with Gasteiger partial charge in [0.05, 0.1) is 7.11 Å². The molecule has 66 valence electrons. The number of hydrogen-bond donors (Lipinski definition) is 2. The Kier molecular flexibility index (Phi) is 2.27. The number of hydrogen-bond acceptors (Lipinski definition) is 4. The summed E-state index contributed by atoms with van der Waals surface area (Å²) in [4.78, 5) is 1.63. The van der Waals surface area contributed by atoms with Crippen LogP contribution in [-0.2, 0) is 0 Å². The Balaban J connectivity index is 2.94. The fourth-order valence-electron chi connectivity index (χ4n) is 0.730. The summed E-state index contributed by atoms with van der Waals surface area (Å²) in [5.74, 6) is 0.606. The minimum Gasteiger partial charge on any atom is -0.478 e. The molecule has 1 aromatic heterocycles. The lowest BCUT2D eigenvalue weighted by Crippen LogP contribution is -2.22. The summed E-state index contributed by atoms with van der Waals surface area (Å²) in [5, 5.41) is 17.5. The van der Waals surface area contributed by atoms with Gasteiger partial charge >= 0.3 is 0 Å². The molecular weight excluding hydrogens is 158 g/mol. The van der Waals surface area contributed by atoms with Gasteiger partial charge in [0.15, 0.2) is 11.5 Å². The summed E-state index contributed by atoms with van der Waals surface area (Å²) >= 11 is 0. The number of nitrogens with one attached hydrogen (secondary N) is 2. The van der Waals surface area contributed by atoms with Gasteiger partial charge in [0.25, 0.3) is 5.88 Å². The molecule has 1 rings (SSSR count). The molecule has 0 aliphatic carbocycles. The Morgan fingerprint density at radius 2 is 2.17 bits per heavy atom. The lowest BCUT2D eigenvalue weighted by Gasteiger charge is -2.10. The van der Waals surface area contributed by atoms with Crippen LogP contribution in [0.15, 0.2) is 0 Å². The van der Waals surface area contributed by atoms with Gasteiger partial charge in [0.2, 0.25) is 0 Å². The fraction of sp³-hybridized carbons (Fsp3) is 0.500. The molecule has 6 heteroatoms. The molecule has 0 spiro atoms. The van der Waals surface area contributed by atoms with E-state index in [0.29, 0.717) is 11.6 Å². The molecule has 0 aliphatic rings. The SMILES string of the molecule is COc1n[nH]nc1C(=N)N(C)C. The van der Waals surface area contributed by atoms with Gasteiger partial charge in [-0.05, 0) is 0 Å². The van der Waals surface area contributed by atoms with Crippen molar-refractivity contribution in [3.63, 3.8) is 0 Å². The maximum absolute atomic E-state index is 7.57. The number of H-pyrrole nitrogens is 1. The molecule has 0 saturated heterocycles. The van der Waals surface area contributed by atoms with Gasteiger partial charge in [0.1, 0.15) is 0 Å². The van der Waals surface area contributed by atoms with E-state index in [1.165, 1.54) is 7.11 Å². The van der Waals surface area contributed by atoms with Gasteiger partial charge < -0.3 is 9.64 Å². The van der Waals surface area contributed by atoms with Crippen molar-refractivity contribution in [2.24, 2.45) is 0 Å². The van der Waals surface area contributed by atoms with Crippen LogP contribution in [0.1, 0.15) is 5.69 Å². The van der Waals surface area contributed by atoms with Crippen LogP contribution in [-0.4, -0.2) is 47.4 Å². The quantitative estimate of drug-likeness (QED) is 0.470. The number of ether oxygens (including phenoxy) is 1. The molecule has 0 amide bonds. The van der Waals surface area contributed by atoms with Crippen LogP contribution in [0.2, 0.25) is 0 Å². The first-order valence-electron chi connectivity index (χ1n) is 3.37. The lowest BCUT2D eigenvalue weighted by molar-refractivity contribution is 0.395. The molecule has 6 nitrogen and oxygen atoms in total. The van der Waals surface area contributed by atoms with E-state index in [1.54, 1.807) is 19.0 Å². The van der Waals surface area contributed by atoms with Crippen molar-refractivity contribution < 1.29 is 4.74 Å². The highest BCUT2D eigenvalue weighted by atomic mass is 16.5. The predicted molar refractivity (Wildman–Crippen MR) is 43.5 cm³/mol. The van der Waals surface area contributed by atoms with E-state index in [0.717, 1.165) is 0 Å². The van der Waals surface area contributed by atoms with Crippen LogP contribution in [0.25, 0.3) is 0 Å². The number of aromatic amines is 1. The molecule has 0 unspecified atom stereocenters. The predicted octanol–water partition coefficient (Wildman–Crippen LogP) is -0.300. The minimum atomic E-state index is 0.264. The van der Waals surface area contributed by atoms with E-state index in [-0.39, 0.29) is 5.84 Å². The molecule has 0 radical (unpaired) electrons. The zero-order chi connectivity index (χ0) is 9.14. The molecule has 1 aromatic rings. The molecular formula is C6H11N5O. The van der Waals surface area contributed by atoms with E-state index in [4.69, 9.17) is 10.1 Å². The second-order valence-corrected chi connectivity index (χ2v) is 2.42. The van der Waals surface area contributed by atoms with Gasteiger partial charge in [-0.3, -0.25) is 5.41 Å². The van der Waals surface area contributed by atoms with E-state index in [1.807, 2.05) is 0 Å². The second kappa shape index (κ2) is 3.21. The van der Waals surface area contributed by atoms with Gasteiger partial charge in [-0.2, -0.15) is 5.21 Å². The van der Waals surface area contributed by atoms with Gasteiger partial charge in [-0.15, -0.1) is 10.2 Å². The normalized spacial score (nSPS) is 9.58. The summed E-state index contributed by atoms with van der Waals surface area (Å²) in [5.41, 5.74) is 0.419. The maximum Gasteiger partial charge on any atom is 0.264 e. The Labute approximate surface area is 70.0 Å². The molecule has 0 atom stereocenters. The van der Waals surface area contributed by atoms with Crippen molar-refractivity contribution in [3.8, 4) is 5.88 Å². The largest absolute Gasteiger partial charge is 0.478 e. The average molecular weight is 169 g/mol. The molecule has 0 bridgehead atoms. The monoisotopic (exact) mass is 169 g/mol. The Bertz CT molecular complexity index is 279. The van der Waals surface area contributed by atoms with Crippen molar-refractivity contribution in [1.82, 2.24) is 20.3 Å². The Morgan fingerprint density at radius 3 is 2.67 bits per heavy atom. The van der Waals surface area contributed by atoms with Crippen molar-refractivity contribution in [3.05, 3.63) is 5.69 Å². The first-order chi connectivity index (χ1) is 5.66. The van der Waals surface area contributed by atoms with Gasteiger partial charge in [-0.25, -0.2) is 0 Å². The van der Waals surface area contributed by atoms with Crippen molar-refractivity contribution in [2.75, 3.05) is 21.2 Å². The van der Waals surface area contributed by atoms with Crippen LogP contribution < -0.4 is 4.74 Å². The van der Waals surface area contributed by atoms with E-state index in [9.17, 15) is 0 Å². The number of aromatic nitrogens is 3. The third-order valence-corrected chi connectivity index (χ3v) is 1.38. The zero-order valence-electron chi connectivity index (χ0n) is 7.25. The van der Waals surface area contributed by atoms with Crippen molar-refractivity contribution >= 4 is 5.84 Å². The second-order valence-electron chi connectivity index (χ2n) is 2.42. The first-order valence-corrected chi connectivity index (χ1v) is 3.37. The van der Waals surface area contributed by atoms with E-state index in [2.05, 4.69) is 15.4 Å². The summed E-state index contributed by atoms with van der Waals surface area (Å²) < 4.78 is 4.88. The Hall–Kier alpha value is -1.59. The minimum absolute atomic E-state index is 0.264. The number of rotatable bonds is 2. The summed E-state index contributed by atoms with van der Waals surface area (Å²) in [6.07, 6.45) is 0. The van der Waals surface area contributed by atoms with Crippen LogP contribution >= 0.6 is 0 Å². The van der Waals surface area contributed by atoms with Crippen molar-refractivity contribution in [2.45, 2.75) is 0 Å². The molecule has 0 aromatic carbocycles. The van der Waals surface area contributed by atoms with Crippen molar-refractivity contribution in [1.29, 1.82) is 5.41 Å². The average Bonchev–Trinajstić information content (AvgIpc) is 2.49. The molecule has 0 aliphatic heterocycles. The summed E-state index contributed by atoms with van der Waals surface area (Å²) in [6.45, 7) is 0. The van der Waals surface area contributed by atoms with Crippen LogP contribution in [0.3, 0.4) is 0 Å².